The lowest BCUT2D eigenvalue weighted by Gasteiger charge is -2.45. The van der Waals surface area contributed by atoms with E-state index < -0.39 is 5.69 Å². The molecular weight excluding hydrogens is 348 g/mol. The Labute approximate surface area is 154 Å². The van der Waals surface area contributed by atoms with Crippen molar-refractivity contribution in [1.29, 1.82) is 0 Å². The van der Waals surface area contributed by atoms with Gasteiger partial charge in [-0.25, -0.2) is 4.79 Å². The molecule has 2 fully saturated rings. The van der Waals surface area contributed by atoms with E-state index in [0.717, 1.165) is 47.8 Å². The predicted molar refractivity (Wildman–Crippen MR) is 99.5 cm³/mol. The first-order valence-corrected chi connectivity index (χ1v) is 9.02. The second-order valence-corrected chi connectivity index (χ2v) is 7.32. The van der Waals surface area contributed by atoms with E-state index in [1.165, 1.54) is 13.1 Å². The molecule has 1 saturated heterocycles. The molecule has 1 N–H and O–H groups in total. The van der Waals surface area contributed by atoms with Crippen LogP contribution in [0.5, 0.6) is 0 Å². The van der Waals surface area contributed by atoms with Crippen LogP contribution in [0.4, 0.5) is 11.6 Å². The maximum Gasteiger partial charge on any atom is 0.329 e. The second kappa shape index (κ2) is 5.66. The summed E-state index contributed by atoms with van der Waals surface area (Å²) in [7, 11) is 3.34. The molecule has 0 spiro atoms. The van der Waals surface area contributed by atoms with Gasteiger partial charge in [0.2, 0.25) is 0 Å². The van der Waals surface area contributed by atoms with Crippen molar-refractivity contribution >= 4 is 17.3 Å². The van der Waals surface area contributed by atoms with Crippen LogP contribution in [0.3, 0.4) is 0 Å². The molecule has 0 amide bonds. The minimum Gasteiger partial charge on any atom is -0.354 e. The van der Waals surface area contributed by atoms with Crippen molar-refractivity contribution in [2.24, 2.45) is 7.05 Å². The smallest absolute Gasteiger partial charge is 0.329 e. The topological polar surface area (TPSA) is 104 Å². The SMILES string of the molecule is CN(c1cc(=O)n(C)c(=O)[nH]1)C1CN(c2ccc3nnc(C4CC4)n3n2)C1. The molecule has 140 valence electrons. The van der Waals surface area contributed by atoms with Gasteiger partial charge in [0.05, 0.1) is 6.04 Å². The highest BCUT2D eigenvalue weighted by molar-refractivity contribution is 5.50. The third kappa shape index (κ3) is 2.59. The standard InChI is InChI=1S/C17H20N8O2/c1-22(14-7-15(26)23(2)17(27)18-14)11-8-24(9-11)13-6-5-12-19-20-16(10-3-4-10)25(12)21-13/h5-7,10-11H,3-4,8-9H2,1-2H3,(H,18,27). The predicted octanol–water partition coefficient (Wildman–Crippen LogP) is -0.286. The number of hydrogen-bond donors (Lipinski definition) is 1. The summed E-state index contributed by atoms with van der Waals surface area (Å²) >= 11 is 0. The van der Waals surface area contributed by atoms with Crippen molar-refractivity contribution in [3.8, 4) is 0 Å². The normalized spacial score (nSPS) is 17.3. The van der Waals surface area contributed by atoms with Crippen LogP contribution in [-0.2, 0) is 7.05 Å². The molecular formula is C17H20N8O2. The van der Waals surface area contributed by atoms with Gasteiger partial charge in [-0.1, -0.05) is 0 Å². The molecule has 2 aliphatic rings. The first kappa shape index (κ1) is 16.0. The summed E-state index contributed by atoms with van der Waals surface area (Å²) < 4.78 is 2.91. The van der Waals surface area contributed by atoms with Gasteiger partial charge in [0.25, 0.3) is 5.56 Å². The van der Waals surface area contributed by atoms with Gasteiger partial charge >= 0.3 is 5.69 Å². The maximum atomic E-state index is 11.9. The second-order valence-electron chi connectivity index (χ2n) is 7.32. The number of likely N-dealkylation sites (N-methyl/N-ethyl adjacent to an activating group) is 1. The van der Waals surface area contributed by atoms with E-state index in [-0.39, 0.29) is 11.6 Å². The van der Waals surface area contributed by atoms with Gasteiger partial charge < -0.3 is 9.80 Å². The third-order valence-electron chi connectivity index (χ3n) is 5.46. The molecule has 0 unspecified atom stereocenters. The largest absolute Gasteiger partial charge is 0.354 e. The number of hydrogen-bond acceptors (Lipinski definition) is 7. The Morgan fingerprint density at radius 1 is 1.19 bits per heavy atom. The van der Waals surface area contributed by atoms with Crippen molar-refractivity contribution in [3.05, 3.63) is 44.9 Å². The molecule has 5 rings (SSSR count). The van der Waals surface area contributed by atoms with E-state index >= 15 is 0 Å². The van der Waals surface area contributed by atoms with E-state index in [1.807, 2.05) is 28.6 Å². The summed E-state index contributed by atoms with van der Waals surface area (Å²) in [5.74, 6) is 2.84. The van der Waals surface area contributed by atoms with Gasteiger partial charge in [-0.2, -0.15) is 4.52 Å². The van der Waals surface area contributed by atoms with Gasteiger partial charge in [-0.15, -0.1) is 15.3 Å². The Morgan fingerprint density at radius 3 is 2.67 bits per heavy atom. The molecule has 0 atom stereocenters. The van der Waals surface area contributed by atoms with Gasteiger partial charge in [0.15, 0.2) is 11.5 Å². The summed E-state index contributed by atoms with van der Waals surface area (Å²) in [6.07, 6.45) is 2.30. The van der Waals surface area contributed by atoms with Crippen LogP contribution >= 0.6 is 0 Å². The van der Waals surface area contributed by atoms with Crippen molar-refractivity contribution in [1.82, 2.24) is 29.4 Å². The fourth-order valence-corrected chi connectivity index (χ4v) is 3.38. The summed E-state index contributed by atoms with van der Waals surface area (Å²) in [4.78, 5) is 30.5. The average Bonchev–Trinajstić information content (AvgIpc) is 3.37. The van der Waals surface area contributed by atoms with Crippen LogP contribution in [0.2, 0.25) is 0 Å². The summed E-state index contributed by atoms with van der Waals surface area (Å²) in [5, 5.41) is 13.2. The fourth-order valence-electron chi connectivity index (χ4n) is 3.38. The number of H-pyrrole nitrogens is 1. The minimum absolute atomic E-state index is 0.189. The van der Waals surface area contributed by atoms with Crippen LogP contribution in [0, 0.1) is 0 Å². The summed E-state index contributed by atoms with van der Waals surface area (Å²) in [5.41, 5.74) is 0.0459. The fraction of sp³-hybridized carbons (Fsp3) is 0.471. The number of nitrogens with zero attached hydrogens (tertiary/aromatic N) is 7. The maximum absolute atomic E-state index is 11.9. The van der Waals surface area contributed by atoms with Crippen LogP contribution in [0.15, 0.2) is 27.8 Å². The monoisotopic (exact) mass is 368 g/mol. The van der Waals surface area contributed by atoms with Crippen LogP contribution < -0.4 is 21.0 Å². The van der Waals surface area contributed by atoms with Crippen molar-refractivity contribution in [3.63, 3.8) is 0 Å². The van der Waals surface area contributed by atoms with E-state index in [9.17, 15) is 9.59 Å². The van der Waals surface area contributed by atoms with Crippen molar-refractivity contribution in [2.75, 3.05) is 29.9 Å². The lowest BCUT2D eigenvalue weighted by Crippen LogP contribution is -2.59. The lowest BCUT2D eigenvalue weighted by molar-refractivity contribution is 0.485. The van der Waals surface area contributed by atoms with E-state index in [4.69, 9.17) is 5.10 Å². The van der Waals surface area contributed by atoms with Crippen molar-refractivity contribution in [2.45, 2.75) is 24.8 Å². The lowest BCUT2D eigenvalue weighted by atomic mass is 10.1. The number of aromatic nitrogens is 6. The summed E-state index contributed by atoms with van der Waals surface area (Å²) in [6, 6.07) is 5.54. The Bertz CT molecular complexity index is 1100. The van der Waals surface area contributed by atoms with Gasteiger partial charge in [0, 0.05) is 39.2 Å². The molecule has 0 bridgehead atoms. The molecule has 10 heteroatoms. The van der Waals surface area contributed by atoms with E-state index in [0.29, 0.717) is 11.7 Å². The average molecular weight is 368 g/mol. The Balaban J connectivity index is 1.34. The van der Waals surface area contributed by atoms with Crippen LogP contribution in [-0.4, -0.2) is 55.5 Å². The number of aromatic amines is 1. The van der Waals surface area contributed by atoms with Crippen LogP contribution in [0.1, 0.15) is 24.6 Å². The Hall–Kier alpha value is -3.17. The molecule has 27 heavy (non-hydrogen) atoms. The quantitative estimate of drug-likeness (QED) is 0.675. The number of rotatable bonds is 4. The number of nitrogens with one attached hydrogen (secondary N) is 1. The highest BCUT2D eigenvalue weighted by atomic mass is 16.2. The number of anilines is 2. The molecule has 3 aromatic heterocycles. The molecule has 1 saturated carbocycles. The van der Waals surface area contributed by atoms with Crippen LogP contribution in [0.25, 0.3) is 5.65 Å². The molecule has 4 heterocycles. The van der Waals surface area contributed by atoms with Gasteiger partial charge in [-0.05, 0) is 25.0 Å². The zero-order valence-corrected chi connectivity index (χ0v) is 15.2. The first-order valence-electron chi connectivity index (χ1n) is 9.02. The first-order chi connectivity index (χ1) is 13.0. The molecule has 0 radical (unpaired) electrons. The molecule has 0 aromatic carbocycles. The number of fused-ring (bicyclic) bond motifs is 1. The van der Waals surface area contributed by atoms with E-state index in [2.05, 4.69) is 20.1 Å². The highest BCUT2D eigenvalue weighted by Gasteiger charge is 2.33. The van der Waals surface area contributed by atoms with Gasteiger partial charge in [0.1, 0.15) is 11.6 Å². The van der Waals surface area contributed by atoms with E-state index in [1.54, 1.807) is 0 Å². The molecule has 3 aromatic rings. The Kier molecular flexibility index (Phi) is 3.36. The zero-order valence-electron chi connectivity index (χ0n) is 15.2. The highest BCUT2D eigenvalue weighted by Crippen LogP contribution is 2.38. The third-order valence-corrected chi connectivity index (χ3v) is 5.46. The van der Waals surface area contributed by atoms with Gasteiger partial charge in [-0.3, -0.25) is 14.3 Å². The Morgan fingerprint density at radius 2 is 1.96 bits per heavy atom. The summed E-state index contributed by atoms with van der Waals surface area (Å²) in [6.45, 7) is 1.51. The molecule has 10 nitrogen and oxygen atoms in total. The molecule has 1 aliphatic carbocycles. The molecule has 1 aliphatic heterocycles. The minimum atomic E-state index is -0.409. The zero-order chi connectivity index (χ0) is 18.7. The van der Waals surface area contributed by atoms with Crippen molar-refractivity contribution < 1.29 is 0 Å².